The van der Waals surface area contributed by atoms with Gasteiger partial charge in [-0.2, -0.15) is 16.7 Å². The van der Waals surface area contributed by atoms with Crippen LogP contribution in [0.1, 0.15) is 56.7 Å². The molecule has 2 aliphatic rings. The third-order valence-corrected chi connectivity index (χ3v) is 5.26. The van der Waals surface area contributed by atoms with E-state index in [2.05, 4.69) is 10.1 Å². The van der Waals surface area contributed by atoms with Gasteiger partial charge < -0.3 is 10.3 Å². The average Bonchev–Trinajstić information content (AvgIpc) is 2.94. The molecule has 94 valence electrons. The highest BCUT2D eigenvalue weighted by atomic mass is 32.2. The molecule has 1 aromatic rings. The molecule has 0 amide bonds. The van der Waals surface area contributed by atoms with E-state index in [-0.39, 0.29) is 5.54 Å². The molecule has 0 atom stereocenters. The number of thioether (sulfide) groups is 1. The average molecular weight is 253 g/mol. The van der Waals surface area contributed by atoms with E-state index in [9.17, 15) is 0 Å². The van der Waals surface area contributed by atoms with Crippen molar-refractivity contribution in [1.29, 1.82) is 0 Å². The summed E-state index contributed by atoms with van der Waals surface area (Å²) in [6.07, 6.45) is 8.56. The molecule has 5 heteroatoms. The third-order valence-electron chi connectivity index (χ3n) is 3.89. The van der Waals surface area contributed by atoms with E-state index < -0.39 is 0 Å². The van der Waals surface area contributed by atoms with Crippen molar-refractivity contribution in [2.75, 3.05) is 0 Å². The van der Waals surface area contributed by atoms with Crippen LogP contribution in [0.5, 0.6) is 0 Å². The van der Waals surface area contributed by atoms with Gasteiger partial charge in [-0.05, 0) is 32.1 Å². The fraction of sp³-hybridized carbons (Fsp3) is 0.833. The summed E-state index contributed by atoms with van der Waals surface area (Å²) in [7, 11) is 0. The maximum atomic E-state index is 6.15. The minimum atomic E-state index is -0.316. The first kappa shape index (κ1) is 11.5. The predicted molar refractivity (Wildman–Crippen MR) is 67.6 cm³/mol. The number of hydrogen-bond acceptors (Lipinski definition) is 5. The van der Waals surface area contributed by atoms with E-state index >= 15 is 0 Å². The van der Waals surface area contributed by atoms with Gasteiger partial charge in [-0.3, -0.25) is 0 Å². The summed E-state index contributed by atoms with van der Waals surface area (Å²) in [4.78, 5) is 4.44. The smallest absolute Gasteiger partial charge is 0.246 e. The van der Waals surface area contributed by atoms with Crippen LogP contribution in [0.4, 0.5) is 0 Å². The molecule has 3 rings (SSSR count). The van der Waals surface area contributed by atoms with Crippen LogP contribution in [0.3, 0.4) is 0 Å². The minimum Gasteiger partial charge on any atom is -0.337 e. The van der Waals surface area contributed by atoms with E-state index in [1.165, 1.54) is 32.1 Å². The molecule has 0 spiro atoms. The number of nitrogens with two attached hydrogens (primary N) is 1. The maximum absolute atomic E-state index is 6.15. The van der Waals surface area contributed by atoms with E-state index in [4.69, 9.17) is 10.3 Å². The van der Waals surface area contributed by atoms with Crippen molar-refractivity contribution < 1.29 is 4.52 Å². The molecule has 2 N–H and O–H groups in total. The summed E-state index contributed by atoms with van der Waals surface area (Å²) < 4.78 is 5.29. The second-order valence-electron chi connectivity index (χ2n) is 5.24. The molecule has 1 aromatic heterocycles. The van der Waals surface area contributed by atoms with Crippen molar-refractivity contribution in [1.82, 2.24) is 10.1 Å². The van der Waals surface area contributed by atoms with Crippen molar-refractivity contribution in [2.45, 2.75) is 61.5 Å². The Balaban J connectivity index is 1.56. The Bertz CT molecular complexity index is 383. The van der Waals surface area contributed by atoms with E-state index in [0.29, 0.717) is 5.89 Å². The van der Waals surface area contributed by atoms with Gasteiger partial charge in [0.15, 0.2) is 5.82 Å². The molecule has 0 radical (unpaired) electrons. The minimum absolute atomic E-state index is 0.316. The van der Waals surface area contributed by atoms with E-state index in [1.54, 1.807) is 0 Å². The van der Waals surface area contributed by atoms with Gasteiger partial charge in [0.1, 0.15) is 0 Å². The van der Waals surface area contributed by atoms with Gasteiger partial charge in [0.05, 0.1) is 11.3 Å². The first-order valence-electron chi connectivity index (χ1n) is 6.50. The third kappa shape index (κ3) is 2.36. The Kier molecular flexibility index (Phi) is 3.13. The van der Waals surface area contributed by atoms with Gasteiger partial charge in [-0.25, -0.2) is 0 Å². The Labute approximate surface area is 106 Å². The van der Waals surface area contributed by atoms with Crippen molar-refractivity contribution in [2.24, 2.45) is 5.73 Å². The second-order valence-corrected chi connectivity index (χ2v) is 6.53. The Morgan fingerprint density at radius 3 is 2.71 bits per heavy atom. The summed E-state index contributed by atoms with van der Waals surface area (Å²) in [6, 6.07) is 0. The molecular formula is C12H19N3OS. The lowest BCUT2D eigenvalue weighted by atomic mass is 9.78. The molecule has 0 aromatic carbocycles. The molecular weight excluding hydrogens is 234 g/mol. The lowest BCUT2D eigenvalue weighted by Gasteiger charge is -2.33. The number of hydrogen-bond donors (Lipinski definition) is 1. The molecule has 4 nitrogen and oxygen atoms in total. The summed E-state index contributed by atoms with van der Waals surface area (Å²) in [5, 5.41) is 4.84. The van der Waals surface area contributed by atoms with Gasteiger partial charge in [0.25, 0.3) is 0 Å². The van der Waals surface area contributed by atoms with Gasteiger partial charge in [0, 0.05) is 5.25 Å². The SMILES string of the molecule is NC1(c2nc(CSC3CCCC3)no2)CCC1. The standard InChI is InChI=1S/C12H19N3OS/c13-12(6-3-7-12)11-14-10(15-16-11)8-17-9-4-1-2-5-9/h9H,1-8,13H2. The highest BCUT2D eigenvalue weighted by molar-refractivity contribution is 7.99. The molecule has 2 fully saturated rings. The van der Waals surface area contributed by atoms with Crippen LogP contribution < -0.4 is 5.73 Å². The summed E-state index contributed by atoms with van der Waals surface area (Å²) in [5.41, 5.74) is 5.84. The topological polar surface area (TPSA) is 64.9 Å². The van der Waals surface area contributed by atoms with Gasteiger partial charge in [-0.1, -0.05) is 18.0 Å². The molecule has 0 saturated heterocycles. The second kappa shape index (κ2) is 4.61. The summed E-state index contributed by atoms with van der Waals surface area (Å²) in [6.45, 7) is 0. The zero-order valence-electron chi connectivity index (χ0n) is 10.0. The highest BCUT2D eigenvalue weighted by Crippen LogP contribution is 2.38. The molecule has 0 unspecified atom stereocenters. The molecule has 0 aliphatic heterocycles. The zero-order chi connectivity index (χ0) is 11.7. The van der Waals surface area contributed by atoms with Crippen LogP contribution in [0, 0.1) is 0 Å². The molecule has 17 heavy (non-hydrogen) atoms. The van der Waals surface area contributed by atoms with E-state index in [0.717, 1.165) is 29.7 Å². The number of aromatic nitrogens is 2. The molecule has 0 bridgehead atoms. The van der Waals surface area contributed by atoms with Crippen molar-refractivity contribution in [3.63, 3.8) is 0 Å². The first-order valence-corrected chi connectivity index (χ1v) is 7.55. The number of rotatable bonds is 4. The molecule has 1 heterocycles. The lowest BCUT2D eigenvalue weighted by molar-refractivity contribution is 0.181. The van der Waals surface area contributed by atoms with Crippen LogP contribution in [-0.2, 0) is 11.3 Å². The van der Waals surface area contributed by atoms with Crippen LogP contribution in [0.2, 0.25) is 0 Å². The maximum Gasteiger partial charge on any atom is 0.246 e. The molecule has 2 aliphatic carbocycles. The predicted octanol–water partition coefficient (Wildman–Crippen LogP) is 2.58. The largest absolute Gasteiger partial charge is 0.337 e. The fourth-order valence-corrected chi connectivity index (χ4v) is 3.70. The lowest BCUT2D eigenvalue weighted by Crippen LogP contribution is -2.43. The molecule has 2 saturated carbocycles. The van der Waals surface area contributed by atoms with Gasteiger partial charge in [-0.15, -0.1) is 0 Å². The number of nitrogens with zero attached hydrogens (tertiary/aromatic N) is 2. The van der Waals surface area contributed by atoms with Crippen molar-refractivity contribution >= 4 is 11.8 Å². The van der Waals surface area contributed by atoms with Gasteiger partial charge >= 0.3 is 0 Å². The summed E-state index contributed by atoms with van der Waals surface area (Å²) >= 11 is 1.96. The van der Waals surface area contributed by atoms with Crippen LogP contribution in [-0.4, -0.2) is 15.4 Å². The van der Waals surface area contributed by atoms with Gasteiger partial charge in [0.2, 0.25) is 5.89 Å². The normalized spacial score (nSPS) is 23.8. The quantitative estimate of drug-likeness (QED) is 0.893. The van der Waals surface area contributed by atoms with Crippen LogP contribution >= 0.6 is 11.8 Å². The first-order chi connectivity index (χ1) is 8.26. The zero-order valence-corrected chi connectivity index (χ0v) is 10.8. The Hall–Kier alpha value is -0.550. The van der Waals surface area contributed by atoms with Crippen molar-refractivity contribution in [3.8, 4) is 0 Å². The van der Waals surface area contributed by atoms with Crippen molar-refractivity contribution in [3.05, 3.63) is 11.7 Å². The van der Waals surface area contributed by atoms with Crippen LogP contribution in [0.25, 0.3) is 0 Å². The highest BCUT2D eigenvalue weighted by Gasteiger charge is 2.39. The monoisotopic (exact) mass is 253 g/mol. The Morgan fingerprint density at radius 2 is 2.06 bits per heavy atom. The van der Waals surface area contributed by atoms with E-state index in [1.807, 2.05) is 11.8 Å². The fourth-order valence-electron chi connectivity index (χ4n) is 2.53. The Morgan fingerprint density at radius 1 is 1.29 bits per heavy atom. The summed E-state index contributed by atoms with van der Waals surface area (Å²) in [5.74, 6) is 2.32. The van der Waals surface area contributed by atoms with Crippen LogP contribution in [0.15, 0.2) is 4.52 Å².